The predicted molar refractivity (Wildman–Crippen MR) is 94.9 cm³/mol. The molecule has 0 bridgehead atoms. The summed E-state index contributed by atoms with van der Waals surface area (Å²) in [4.78, 5) is 14.5. The van der Waals surface area contributed by atoms with E-state index in [0.717, 1.165) is 24.9 Å². The van der Waals surface area contributed by atoms with Crippen molar-refractivity contribution >= 4 is 23.2 Å². The molecule has 2 aromatic carbocycles. The molecule has 3 nitrogen and oxygen atoms in total. The SMILES string of the molecule is O=C(CN1CCCCc2ccccc21)NCc1ccccc1Cl. The minimum atomic E-state index is 0.0293. The van der Waals surface area contributed by atoms with Gasteiger partial charge in [-0.15, -0.1) is 0 Å². The van der Waals surface area contributed by atoms with Gasteiger partial charge in [0.15, 0.2) is 0 Å². The minimum absolute atomic E-state index is 0.0293. The summed E-state index contributed by atoms with van der Waals surface area (Å²) >= 11 is 6.13. The highest BCUT2D eigenvalue weighted by Crippen LogP contribution is 2.25. The van der Waals surface area contributed by atoms with Crippen LogP contribution in [0.4, 0.5) is 5.69 Å². The molecule has 2 aromatic rings. The topological polar surface area (TPSA) is 32.3 Å². The molecule has 3 rings (SSSR count). The number of aryl methyl sites for hydroxylation is 1. The molecule has 23 heavy (non-hydrogen) atoms. The Labute approximate surface area is 142 Å². The van der Waals surface area contributed by atoms with Crippen LogP contribution in [0.15, 0.2) is 48.5 Å². The van der Waals surface area contributed by atoms with Gasteiger partial charge in [0, 0.05) is 23.8 Å². The third-order valence-corrected chi connectivity index (χ3v) is 4.59. The van der Waals surface area contributed by atoms with E-state index in [1.165, 1.54) is 17.7 Å². The Kier molecular flexibility index (Phi) is 5.19. The molecule has 0 aliphatic carbocycles. The lowest BCUT2D eigenvalue weighted by Crippen LogP contribution is -2.37. The maximum Gasteiger partial charge on any atom is 0.239 e. The van der Waals surface area contributed by atoms with Crippen molar-refractivity contribution in [1.29, 1.82) is 0 Å². The van der Waals surface area contributed by atoms with Gasteiger partial charge in [0.1, 0.15) is 0 Å². The van der Waals surface area contributed by atoms with Gasteiger partial charge in [0.05, 0.1) is 6.54 Å². The van der Waals surface area contributed by atoms with Crippen molar-refractivity contribution in [2.24, 2.45) is 0 Å². The number of fused-ring (bicyclic) bond motifs is 1. The number of halogens is 1. The Bertz CT molecular complexity index is 687. The van der Waals surface area contributed by atoms with Crippen LogP contribution < -0.4 is 10.2 Å². The molecule has 120 valence electrons. The summed E-state index contributed by atoms with van der Waals surface area (Å²) in [5, 5.41) is 3.66. The average Bonchev–Trinajstić information content (AvgIpc) is 2.77. The molecule has 1 amide bonds. The van der Waals surface area contributed by atoms with Gasteiger partial charge in [0.2, 0.25) is 5.91 Å². The zero-order chi connectivity index (χ0) is 16.1. The first-order valence-electron chi connectivity index (χ1n) is 8.07. The molecule has 0 radical (unpaired) electrons. The van der Waals surface area contributed by atoms with E-state index in [9.17, 15) is 4.79 Å². The van der Waals surface area contributed by atoms with E-state index in [0.29, 0.717) is 18.1 Å². The van der Waals surface area contributed by atoms with Gasteiger partial charge in [-0.25, -0.2) is 0 Å². The number of carbonyl (C=O) groups excluding carboxylic acids is 1. The molecular weight excluding hydrogens is 308 g/mol. The van der Waals surface area contributed by atoms with Crippen molar-refractivity contribution in [3.8, 4) is 0 Å². The maximum absolute atomic E-state index is 12.3. The molecule has 0 saturated carbocycles. The van der Waals surface area contributed by atoms with Crippen LogP contribution in [0, 0.1) is 0 Å². The third kappa shape index (κ3) is 4.05. The van der Waals surface area contributed by atoms with Crippen LogP contribution in [0.5, 0.6) is 0 Å². The Morgan fingerprint density at radius 2 is 1.87 bits per heavy atom. The van der Waals surface area contributed by atoms with Gasteiger partial charge in [-0.1, -0.05) is 48.0 Å². The first kappa shape index (κ1) is 15.9. The van der Waals surface area contributed by atoms with Gasteiger partial charge in [-0.3, -0.25) is 4.79 Å². The molecule has 1 N–H and O–H groups in total. The first-order chi connectivity index (χ1) is 11.2. The molecule has 1 heterocycles. The maximum atomic E-state index is 12.3. The minimum Gasteiger partial charge on any atom is -0.362 e. The second kappa shape index (κ2) is 7.51. The summed E-state index contributed by atoms with van der Waals surface area (Å²) in [7, 11) is 0. The van der Waals surface area contributed by atoms with Crippen molar-refractivity contribution in [3.63, 3.8) is 0 Å². The summed E-state index contributed by atoms with van der Waals surface area (Å²) in [6, 6.07) is 16.0. The van der Waals surface area contributed by atoms with Crippen molar-refractivity contribution in [2.75, 3.05) is 18.0 Å². The highest BCUT2D eigenvalue weighted by atomic mass is 35.5. The number of hydrogen-bond donors (Lipinski definition) is 1. The van der Waals surface area contributed by atoms with Crippen LogP contribution >= 0.6 is 11.6 Å². The number of rotatable bonds is 4. The lowest BCUT2D eigenvalue weighted by molar-refractivity contribution is -0.119. The van der Waals surface area contributed by atoms with Crippen molar-refractivity contribution in [1.82, 2.24) is 5.32 Å². The number of nitrogens with one attached hydrogen (secondary N) is 1. The van der Waals surface area contributed by atoms with E-state index < -0.39 is 0 Å². The lowest BCUT2D eigenvalue weighted by atomic mass is 10.1. The zero-order valence-electron chi connectivity index (χ0n) is 13.1. The summed E-state index contributed by atoms with van der Waals surface area (Å²) in [5.74, 6) is 0.0293. The van der Waals surface area contributed by atoms with E-state index in [-0.39, 0.29) is 5.91 Å². The molecule has 0 aromatic heterocycles. The Hall–Kier alpha value is -2.00. The fourth-order valence-corrected chi connectivity index (χ4v) is 3.20. The van der Waals surface area contributed by atoms with Crippen LogP contribution in [-0.2, 0) is 17.8 Å². The summed E-state index contributed by atoms with van der Waals surface area (Å²) in [6.07, 6.45) is 3.38. The molecule has 1 aliphatic rings. The number of para-hydroxylation sites is 1. The normalized spacial score (nSPS) is 14.0. The fraction of sp³-hybridized carbons (Fsp3) is 0.316. The van der Waals surface area contributed by atoms with Gasteiger partial charge < -0.3 is 10.2 Å². The van der Waals surface area contributed by atoms with E-state index in [2.05, 4.69) is 28.4 Å². The second-order valence-electron chi connectivity index (χ2n) is 5.88. The second-order valence-corrected chi connectivity index (χ2v) is 6.28. The van der Waals surface area contributed by atoms with Crippen molar-refractivity contribution in [2.45, 2.75) is 25.8 Å². The number of amides is 1. The quantitative estimate of drug-likeness (QED) is 0.926. The Morgan fingerprint density at radius 3 is 2.74 bits per heavy atom. The molecule has 0 spiro atoms. The number of hydrogen-bond acceptors (Lipinski definition) is 2. The highest BCUT2D eigenvalue weighted by molar-refractivity contribution is 6.31. The smallest absolute Gasteiger partial charge is 0.239 e. The van der Waals surface area contributed by atoms with Crippen LogP contribution in [0.1, 0.15) is 24.0 Å². The summed E-state index contributed by atoms with van der Waals surface area (Å²) in [5.41, 5.74) is 3.47. The predicted octanol–water partition coefficient (Wildman–Crippen LogP) is 3.80. The molecule has 0 unspecified atom stereocenters. The van der Waals surface area contributed by atoms with Crippen LogP contribution in [0.25, 0.3) is 0 Å². The van der Waals surface area contributed by atoms with E-state index in [4.69, 9.17) is 11.6 Å². The Balaban J connectivity index is 1.63. The molecule has 0 atom stereocenters. The monoisotopic (exact) mass is 328 g/mol. The van der Waals surface area contributed by atoms with Gasteiger partial charge >= 0.3 is 0 Å². The van der Waals surface area contributed by atoms with Crippen molar-refractivity contribution < 1.29 is 4.79 Å². The molecule has 0 fully saturated rings. The number of anilines is 1. The van der Waals surface area contributed by atoms with Gasteiger partial charge in [0.25, 0.3) is 0 Å². The number of nitrogens with zero attached hydrogens (tertiary/aromatic N) is 1. The van der Waals surface area contributed by atoms with E-state index >= 15 is 0 Å². The molecular formula is C19H21ClN2O. The van der Waals surface area contributed by atoms with Gasteiger partial charge in [-0.05, 0) is 42.5 Å². The van der Waals surface area contributed by atoms with Crippen LogP contribution in [-0.4, -0.2) is 19.0 Å². The van der Waals surface area contributed by atoms with E-state index in [1.807, 2.05) is 30.3 Å². The fourth-order valence-electron chi connectivity index (χ4n) is 3.00. The number of benzene rings is 2. The van der Waals surface area contributed by atoms with Crippen molar-refractivity contribution in [3.05, 3.63) is 64.7 Å². The zero-order valence-corrected chi connectivity index (χ0v) is 13.9. The largest absolute Gasteiger partial charge is 0.362 e. The average molecular weight is 329 g/mol. The first-order valence-corrected chi connectivity index (χ1v) is 8.45. The Morgan fingerprint density at radius 1 is 1.09 bits per heavy atom. The number of carbonyl (C=O) groups is 1. The van der Waals surface area contributed by atoms with Crippen LogP contribution in [0.2, 0.25) is 5.02 Å². The summed E-state index contributed by atoms with van der Waals surface area (Å²) in [6.45, 7) is 1.78. The standard InChI is InChI=1S/C19H21ClN2O/c20-17-10-3-1-9-16(17)13-21-19(23)14-22-12-6-5-8-15-7-2-4-11-18(15)22/h1-4,7,9-11H,5-6,8,12-14H2,(H,21,23). The molecule has 4 heteroatoms. The van der Waals surface area contributed by atoms with Crippen LogP contribution in [0.3, 0.4) is 0 Å². The third-order valence-electron chi connectivity index (χ3n) is 4.22. The molecule has 1 aliphatic heterocycles. The highest BCUT2D eigenvalue weighted by Gasteiger charge is 2.17. The van der Waals surface area contributed by atoms with E-state index in [1.54, 1.807) is 0 Å². The van der Waals surface area contributed by atoms with Gasteiger partial charge in [-0.2, -0.15) is 0 Å². The summed E-state index contributed by atoms with van der Waals surface area (Å²) < 4.78 is 0. The lowest BCUT2D eigenvalue weighted by Gasteiger charge is -2.24. The molecule has 0 saturated heterocycles.